The number of carbonyl (C=O) groups is 2. The van der Waals surface area contributed by atoms with E-state index in [0.717, 1.165) is 24.3 Å². The SMILES string of the molecule is CCOC(=O)C1CCCN(C(=O)CSc2nnc(-c3ccco3)n2-c2ccc(OCC)cc2)C1. The quantitative estimate of drug-likeness (QED) is 0.334. The molecule has 1 aliphatic heterocycles. The highest BCUT2D eigenvalue weighted by molar-refractivity contribution is 7.99. The van der Waals surface area contributed by atoms with Crippen molar-refractivity contribution in [1.82, 2.24) is 19.7 Å². The Bertz CT molecular complexity index is 1100. The molecule has 0 aliphatic carbocycles. The fourth-order valence-electron chi connectivity index (χ4n) is 3.89. The molecule has 4 rings (SSSR count). The van der Waals surface area contributed by atoms with E-state index in [1.54, 1.807) is 24.2 Å². The Morgan fingerprint density at radius 3 is 2.68 bits per heavy atom. The summed E-state index contributed by atoms with van der Waals surface area (Å²) in [5.74, 6) is 1.54. The highest BCUT2D eigenvalue weighted by Gasteiger charge is 2.29. The third-order valence-electron chi connectivity index (χ3n) is 5.50. The number of hydrogen-bond donors (Lipinski definition) is 0. The molecule has 3 aromatic rings. The van der Waals surface area contributed by atoms with E-state index in [1.807, 2.05) is 41.8 Å². The summed E-state index contributed by atoms with van der Waals surface area (Å²) in [7, 11) is 0. The van der Waals surface area contributed by atoms with Crippen molar-refractivity contribution in [3.05, 3.63) is 42.7 Å². The van der Waals surface area contributed by atoms with Crippen LogP contribution in [0.4, 0.5) is 0 Å². The van der Waals surface area contributed by atoms with Gasteiger partial charge in [0.05, 0.1) is 36.8 Å². The van der Waals surface area contributed by atoms with Gasteiger partial charge in [-0.2, -0.15) is 0 Å². The van der Waals surface area contributed by atoms with Crippen LogP contribution in [0.3, 0.4) is 0 Å². The van der Waals surface area contributed by atoms with Crippen LogP contribution in [-0.4, -0.2) is 63.6 Å². The van der Waals surface area contributed by atoms with Crippen LogP contribution in [0.5, 0.6) is 5.75 Å². The van der Waals surface area contributed by atoms with Gasteiger partial charge in [-0.15, -0.1) is 10.2 Å². The van der Waals surface area contributed by atoms with E-state index in [-0.39, 0.29) is 23.5 Å². The average Bonchev–Trinajstić information content (AvgIpc) is 3.53. The summed E-state index contributed by atoms with van der Waals surface area (Å²) in [6.07, 6.45) is 3.11. The number of piperidine rings is 1. The van der Waals surface area contributed by atoms with Gasteiger partial charge in [0.25, 0.3) is 0 Å². The van der Waals surface area contributed by atoms with Gasteiger partial charge in [0.15, 0.2) is 10.9 Å². The second-order valence-electron chi connectivity index (χ2n) is 7.77. The number of ether oxygens (including phenoxy) is 2. The summed E-state index contributed by atoms with van der Waals surface area (Å²) in [6.45, 7) is 5.68. The van der Waals surface area contributed by atoms with E-state index < -0.39 is 0 Å². The van der Waals surface area contributed by atoms with Gasteiger partial charge in [-0.05, 0) is 63.1 Å². The van der Waals surface area contributed by atoms with Gasteiger partial charge in [0.2, 0.25) is 11.7 Å². The van der Waals surface area contributed by atoms with E-state index in [9.17, 15) is 9.59 Å². The van der Waals surface area contributed by atoms with Crippen LogP contribution in [0, 0.1) is 5.92 Å². The lowest BCUT2D eigenvalue weighted by Gasteiger charge is -2.31. The minimum Gasteiger partial charge on any atom is -0.494 e. The lowest BCUT2D eigenvalue weighted by Crippen LogP contribution is -2.43. The number of likely N-dealkylation sites (tertiary alicyclic amines) is 1. The molecular weight excluding hydrogens is 456 g/mol. The molecule has 0 N–H and O–H groups in total. The highest BCUT2D eigenvalue weighted by atomic mass is 32.2. The largest absolute Gasteiger partial charge is 0.494 e. The minimum atomic E-state index is -0.263. The first-order chi connectivity index (χ1) is 16.6. The molecule has 3 heterocycles. The lowest BCUT2D eigenvalue weighted by molar-refractivity contribution is -0.151. The van der Waals surface area contributed by atoms with Gasteiger partial charge in [0, 0.05) is 13.1 Å². The summed E-state index contributed by atoms with van der Waals surface area (Å²) in [5.41, 5.74) is 0.829. The summed E-state index contributed by atoms with van der Waals surface area (Å²) in [6, 6.07) is 11.2. The fraction of sp³-hybridized carbons (Fsp3) is 0.417. The van der Waals surface area contributed by atoms with Crippen LogP contribution in [0.2, 0.25) is 0 Å². The normalized spacial score (nSPS) is 15.8. The maximum absolute atomic E-state index is 13.0. The third-order valence-corrected chi connectivity index (χ3v) is 6.41. The molecular formula is C24H28N4O5S. The summed E-state index contributed by atoms with van der Waals surface area (Å²) >= 11 is 1.31. The van der Waals surface area contributed by atoms with Crippen LogP contribution >= 0.6 is 11.8 Å². The van der Waals surface area contributed by atoms with Gasteiger partial charge in [0.1, 0.15) is 5.75 Å². The first kappa shape index (κ1) is 23.9. The molecule has 9 nitrogen and oxygen atoms in total. The molecule has 1 aromatic carbocycles. The maximum atomic E-state index is 13.0. The van der Waals surface area contributed by atoms with Gasteiger partial charge in [-0.1, -0.05) is 11.8 Å². The molecule has 1 amide bonds. The van der Waals surface area contributed by atoms with Crippen molar-refractivity contribution >= 4 is 23.6 Å². The van der Waals surface area contributed by atoms with Crippen molar-refractivity contribution in [3.63, 3.8) is 0 Å². The van der Waals surface area contributed by atoms with Crippen molar-refractivity contribution in [2.24, 2.45) is 5.92 Å². The smallest absolute Gasteiger partial charge is 0.310 e. The minimum absolute atomic E-state index is 0.0419. The third kappa shape index (κ3) is 5.44. The Morgan fingerprint density at radius 2 is 1.97 bits per heavy atom. The van der Waals surface area contributed by atoms with Crippen molar-refractivity contribution in [2.45, 2.75) is 31.8 Å². The van der Waals surface area contributed by atoms with Crippen molar-refractivity contribution in [1.29, 1.82) is 0 Å². The van der Waals surface area contributed by atoms with Crippen molar-refractivity contribution in [3.8, 4) is 23.0 Å². The first-order valence-corrected chi connectivity index (χ1v) is 12.4. The molecule has 0 bridgehead atoms. The molecule has 1 saturated heterocycles. The Kier molecular flexibility index (Phi) is 7.89. The topological polar surface area (TPSA) is 99.7 Å². The second kappa shape index (κ2) is 11.2. The number of benzene rings is 1. The molecule has 10 heteroatoms. The summed E-state index contributed by atoms with van der Waals surface area (Å²) in [5, 5.41) is 9.22. The van der Waals surface area contributed by atoms with Crippen LogP contribution < -0.4 is 4.74 Å². The van der Waals surface area contributed by atoms with E-state index in [4.69, 9.17) is 13.9 Å². The second-order valence-corrected chi connectivity index (χ2v) is 8.71. The zero-order valence-electron chi connectivity index (χ0n) is 19.3. The zero-order valence-corrected chi connectivity index (χ0v) is 20.1. The van der Waals surface area contributed by atoms with Crippen LogP contribution in [-0.2, 0) is 14.3 Å². The predicted molar refractivity (Wildman–Crippen MR) is 127 cm³/mol. The summed E-state index contributed by atoms with van der Waals surface area (Å²) < 4.78 is 18.1. The molecule has 1 fully saturated rings. The molecule has 0 radical (unpaired) electrons. The van der Waals surface area contributed by atoms with E-state index in [1.165, 1.54) is 11.8 Å². The Morgan fingerprint density at radius 1 is 1.15 bits per heavy atom. The number of esters is 1. The molecule has 1 aliphatic rings. The molecule has 1 atom stereocenters. The fourth-order valence-corrected chi connectivity index (χ4v) is 4.75. The Labute approximate surface area is 202 Å². The number of furan rings is 1. The van der Waals surface area contributed by atoms with Crippen LogP contribution in [0.1, 0.15) is 26.7 Å². The monoisotopic (exact) mass is 484 g/mol. The predicted octanol–water partition coefficient (Wildman–Crippen LogP) is 3.82. The van der Waals surface area contributed by atoms with Gasteiger partial charge in [-0.25, -0.2) is 0 Å². The number of carbonyl (C=O) groups excluding carboxylic acids is 2. The summed E-state index contributed by atoms with van der Waals surface area (Å²) in [4.78, 5) is 26.8. The van der Waals surface area contributed by atoms with Gasteiger partial charge >= 0.3 is 5.97 Å². The number of thioether (sulfide) groups is 1. The molecule has 180 valence electrons. The number of amides is 1. The van der Waals surface area contributed by atoms with Crippen LogP contribution in [0.15, 0.2) is 52.2 Å². The number of hydrogen-bond acceptors (Lipinski definition) is 8. The Balaban J connectivity index is 1.51. The molecule has 1 unspecified atom stereocenters. The maximum Gasteiger partial charge on any atom is 0.310 e. The van der Waals surface area contributed by atoms with Gasteiger partial charge < -0.3 is 18.8 Å². The highest BCUT2D eigenvalue weighted by Crippen LogP contribution is 2.29. The van der Waals surface area contributed by atoms with Crippen molar-refractivity contribution < 1.29 is 23.5 Å². The first-order valence-electron chi connectivity index (χ1n) is 11.4. The average molecular weight is 485 g/mol. The zero-order chi connectivity index (χ0) is 23.9. The standard InChI is InChI=1S/C24H28N4O5S/c1-3-31-19-11-9-18(10-12-19)28-22(20-8-6-14-33-20)25-26-24(28)34-16-21(29)27-13-5-7-17(15-27)23(30)32-4-2/h6,8-12,14,17H,3-5,7,13,15-16H2,1-2H3. The van der Waals surface area contributed by atoms with E-state index in [0.29, 0.717) is 43.0 Å². The molecule has 0 saturated carbocycles. The number of nitrogens with zero attached hydrogens (tertiary/aromatic N) is 4. The number of rotatable bonds is 9. The van der Waals surface area contributed by atoms with Crippen molar-refractivity contribution in [2.75, 3.05) is 32.1 Å². The lowest BCUT2D eigenvalue weighted by atomic mass is 9.98. The van der Waals surface area contributed by atoms with E-state index in [2.05, 4.69) is 10.2 Å². The van der Waals surface area contributed by atoms with Crippen LogP contribution in [0.25, 0.3) is 17.3 Å². The molecule has 0 spiro atoms. The van der Waals surface area contributed by atoms with E-state index >= 15 is 0 Å². The number of aromatic nitrogens is 3. The van der Waals surface area contributed by atoms with Gasteiger partial charge in [-0.3, -0.25) is 14.2 Å². The Hall–Kier alpha value is -3.27. The molecule has 2 aromatic heterocycles. The molecule has 34 heavy (non-hydrogen) atoms.